The van der Waals surface area contributed by atoms with Crippen LogP contribution in [0.3, 0.4) is 0 Å². The van der Waals surface area contributed by atoms with E-state index in [9.17, 15) is 0 Å². The van der Waals surface area contributed by atoms with Crippen LogP contribution in [-0.4, -0.2) is 18.1 Å². The van der Waals surface area contributed by atoms with Crippen LogP contribution >= 0.6 is 0 Å². The molecule has 1 unspecified atom stereocenters. The maximum absolute atomic E-state index is 4.03. The molecule has 0 amide bonds. The molecule has 1 saturated heterocycles. The summed E-state index contributed by atoms with van der Waals surface area (Å²) < 4.78 is 0. The molecule has 29 heavy (non-hydrogen) atoms. The van der Waals surface area contributed by atoms with E-state index in [2.05, 4.69) is 86.5 Å². The molecular formula is C27H34N2. The van der Waals surface area contributed by atoms with E-state index >= 15 is 0 Å². The average Bonchev–Trinajstić information content (AvgIpc) is 3.30. The largest absolute Gasteiger partial charge is 0.316 e. The van der Waals surface area contributed by atoms with Crippen molar-refractivity contribution in [2.45, 2.75) is 51.9 Å². The van der Waals surface area contributed by atoms with Crippen LogP contribution in [0.2, 0.25) is 0 Å². The summed E-state index contributed by atoms with van der Waals surface area (Å²) in [5.74, 6) is 1.96. The third kappa shape index (κ3) is 6.01. The van der Waals surface area contributed by atoms with E-state index in [1.165, 1.54) is 40.8 Å². The number of nitrogens with zero attached hydrogens (tertiary/aromatic N) is 1. The topological polar surface area (TPSA) is 24.9 Å². The van der Waals surface area contributed by atoms with Crippen molar-refractivity contribution in [2.24, 2.45) is 0 Å². The predicted molar refractivity (Wildman–Crippen MR) is 125 cm³/mol. The lowest BCUT2D eigenvalue weighted by Crippen LogP contribution is -2.08. The molecule has 0 spiro atoms. The lowest BCUT2D eigenvalue weighted by molar-refractivity contribution is 0.757. The van der Waals surface area contributed by atoms with Crippen molar-refractivity contribution in [3.05, 3.63) is 89.7 Å². The van der Waals surface area contributed by atoms with Crippen molar-refractivity contribution in [3.63, 3.8) is 0 Å². The van der Waals surface area contributed by atoms with Crippen molar-refractivity contribution in [2.75, 3.05) is 13.1 Å². The highest BCUT2D eigenvalue weighted by Gasteiger charge is 2.16. The number of hydrogen-bond donors (Lipinski definition) is 1. The Labute approximate surface area is 176 Å². The Morgan fingerprint density at radius 2 is 1.45 bits per heavy atom. The second-order valence-corrected chi connectivity index (χ2v) is 8.53. The maximum Gasteiger partial charge on any atom is 0.0273 e. The van der Waals surface area contributed by atoms with Crippen LogP contribution < -0.4 is 5.32 Å². The van der Waals surface area contributed by atoms with Gasteiger partial charge in [0.05, 0.1) is 0 Å². The Bertz CT molecular complexity index is 878. The number of nitrogens with one attached hydrogen (secondary N) is 1. The van der Waals surface area contributed by atoms with Crippen molar-refractivity contribution >= 4 is 0 Å². The molecule has 152 valence electrons. The first-order valence-electron chi connectivity index (χ1n) is 10.9. The summed E-state index contributed by atoms with van der Waals surface area (Å²) in [5, 5.41) is 3.42. The Morgan fingerprint density at radius 1 is 0.793 bits per heavy atom. The second-order valence-electron chi connectivity index (χ2n) is 8.53. The van der Waals surface area contributed by atoms with Crippen LogP contribution in [0.5, 0.6) is 0 Å². The molecule has 1 N–H and O–H groups in total. The summed E-state index contributed by atoms with van der Waals surface area (Å²) in [6.07, 6.45) is 4.95. The van der Waals surface area contributed by atoms with Gasteiger partial charge in [-0.1, -0.05) is 76.2 Å². The number of rotatable bonds is 4. The first-order chi connectivity index (χ1) is 14.0. The molecule has 2 heterocycles. The highest BCUT2D eigenvalue weighted by atomic mass is 14.9. The van der Waals surface area contributed by atoms with Gasteiger partial charge in [0.25, 0.3) is 0 Å². The van der Waals surface area contributed by atoms with Gasteiger partial charge in [0, 0.05) is 18.9 Å². The molecule has 0 aliphatic carbocycles. The van der Waals surface area contributed by atoms with Gasteiger partial charge in [0.2, 0.25) is 0 Å². The zero-order valence-corrected chi connectivity index (χ0v) is 18.2. The highest BCUT2D eigenvalue weighted by Crippen LogP contribution is 2.25. The number of aromatic nitrogens is 1. The SMILES string of the molecule is CC(C)c1cccc(-c2ccncc2)c1.CC(C)c1cccc(C2CCNC2)c1. The maximum atomic E-state index is 4.03. The molecule has 1 aliphatic heterocycles. The molecule has 0 bridgehead atoms. The van der Waals surface area contributed by atoms with E-state index in [1.807, 2.05) is 24.5 Å². The minimum Gasteiger partial charge on any atom is -0.316 e. The minimum atomic E-state index is 0.576. The number of hydrogen-bond acceptors (Lipinski definition) is 2. The first-order valence-corrected chi connectivity index (χ1v) is 10.9. The van der Waals surface area contributed by atoms with Crippen LogP contribution in [0.1, 0.15) is 68.6 Å². The third-order valence-corrected chi connectivity index (χ3v) is 5.68. The molecule has 2 nitrogen and oxygen atoms in total. The van der Waals surface area contributed by atoms with Gasteiger partial charge in [0.1, 0.15) is 0 Å². The monoisotopic (exact) mass is 386 g/mol. The van der Waals surface area contributed by atoms with Crippen LogP contribution in [-0.2, 0) is 0 Å². The van der Waals surface area contributed by atoms with E-state index in [0.29, 0.717) is 11.8 Å². The fourth-order valence-corrected chi connectivity index (χ4v) is 3.73. The van der Waals surface area contributed by atoms with E-state index in [4.69, 9.17) is 0 Å². The minimum absolute atomic E-state index is 0.576. The molecule has 1 atom stereocenters. The standard InChI is InChI=1S/C14H15N.C13H19N/c1-11(2)13-4-3-5-14(10-13)12-6-8-15-9-7-12;1-10(2)11-4-3-5-12(8-11)13-6-7-14-9-13/h3-11H,1-2H3;3-5,8,10,13-14H,6-7,9H2,1-2H3. The summed E-state index contributed by atoms with van der Waals surface area (Å²) in [4.78, 5) is 4.03. The highest BCUT2D eigenvalue weighted by molar-refractivity contribution is 5.63. The third-order valence-electron chi connectivity index (χ3n) is 5.68. The summed E-state index contributed by atoms with van der Waals surface area (Å²) in [6, 6.07) is 21.8. The molecule has 3 aromatic rings. The Balaban J connectivity index is 0.000000166. The molecule has 0 saturated carbocycles. The number of pyridine rings is 1. The summed E-state index contributed by atoms with van der Waals surface area (Å²) in [5.41, 5.74) is 6.86. The quantitative estimate of drug-likeness (QED) is 0.536. The smallest absolute Gasteiger partial charge is 0.0273 e. The van der Waals surface area contributed by atoms with Crippen molar-refractivity contribution in [3.8, 4) is 11.1 Å². The molecule has 1 aliphatic rings. The van der Waals surface area contributed by atoms with Crippen molar-refractivity contribution < 1.29 is 0 Å². The molecule has 0 radical (unpaired) electrons. The fraction of sp³-hybridized carbons (Fsp3) is 0.370. The Morgan fingerprint density at radius 3 is 2.07 bits per heavy atom. The summed E-state index contributed by atoms with van der Waals surface area (Å²) in [6.45, 7) is 11.3. The van der Waals surface area contributed by atoms with Gasteiger partial charge in [-0.3, -0.25) is 4.98 Å². The van der Waals surface area contributed by atoms with Gasteiger partial charge in [-0.2, -0.15) is 0 Å². The van der Waals surface area contributed by atoms with E-state index in [0.717, 1.165) is 12.5 Å². The first kappa shape index (κ1) is 21.3. The zero-order valence-electron chi connectivity index (χ0n) is 18.2. The Hall–Kier alpha value is -2.45. The zero-order chi connectivity index (χ0) is 20.6. The van der Waals surface area contributed by atoms with Crippen LogP contribution in [0.15, 0.2) is 73.1 Å². The molecule has 4 rings (SSSR count). The van der Waals surface area contributed by atoms with Crippen LogP contribution in [0.25, 0.3) is 11.1 Å². The van der Waals surface area contributed by atoms with E-state index in [-0.39, 0.29) is 0 Å². The second kappa shape index (κ2) is 10.4. The normalized spacial score (nSPS) is 16.0. The van der Waals surface area contributed by atoms with Gasteiger partial charge < -0.3 is 5.32 Å². The van der Waals surface area contributed by atoms with Gasteiger partial charge in [0.15, 0.2) is 0 Å². The summed E-state index contributed by atoms with van der Waals surface area (Å²) >= 11 is 0. The van der Waals surface area contributed by atoms with Gasteiger partial charge in [-0.05, 0) is 70.7 Å². The average molecular weight is 387 g/mol. The number of benzene rings is 2. The summed E-state index contributed by atoms with van der Waals surface area (Å²) in [7, 11) is 0. The van der Waals surface area contributed by atoms with Crippen molar-refractivity contribution in [1.29, 1.82) is 0 Å². The van der Waals surface area contributed by atoms with Crippen LogP contribution in [0, 0.1) is 0 Å². The lowest BCUT2D eigenvalue weighted by Gasteiger charge is -2.12. The van der Waals surface area contributed by atoms with Gasteiger partial charge in [-0.25, -0.2) is 0 Å². The molecular weight excluding hydrogens is 352 g/mol. The molecule has 2 heteroatoms. The van der Waals surface area contributed by atoms with Gasteiger partial charge in [-0.15, -0.1) is 0 Å². The van der Waals surface area contributed by atoms with E-state index in [1.54, 1.807) is 0 Å². The van der Waals surface area contributed by atoms with Gasteiger partial charge >= 0.3 is 0 Å². The lowest BCUT2D eigenvalue weighted by atomic mass is 9.93. The Kier molecular flexibility index (Phi) is 7.60. The predicted octanol–water partition coefficient (Wildman–Crippen LogP) is 6.76. The van der Waals surface area contributed by atoms with E-state index < -0.39 is 0 Å². The van der Waals surface area contributed by atoms with Crippen molar-refractivity contribution in [1.82, 2.24) is 10.3 Å². The fourth-order valence-electron chi connectivity index (χ4n) is 3.73. The van der Waals surface area contributed by atoms with Crippen LogP contribution in [0.4, 0.5) is 0 Å². The molecule has 1 fully saturated rings. The molecule has 2 aromatic carbocycles. The molecule has 1 aromatic heterocycles.